The van der Waals surface area contributed by atoms with Crippen molar-refractivity contribution in [2.45, 2.75) is 31.3 Å². The van der Waals surface area contributed by atoms with Gasteiger partial charge in [0.2, 0.25) is 0 Å². The van der Waals surface area contributed by atoms with Crippen molar-refractivity contribution < 1.29 is 9.53 Å². The molecule has 2 aliphatic heterocycles. The fourth-order valence-electron chi connectivity index (χ4n) is 6.54. The number of anilines is 1. The summed E-state index contributed by atoms with van der Waals surface area (Å²) >= 11 is 0. The first-order chi connectivity index (χ1) is 21.1. The number of carbonyl (C=O) groups is 1. The highest BCUT2D eigenvalue weighted by atomic mass is 16.5. The van der Waals surface area contributed by atoms with Crippen molar-refractivity contribution in [2.75, 3.05) is 58.2 Å². The smallest absolute Gasteiger partial charge is 0.269 e. The maximum atomic E-state index is 13.7. The lowest BCUT2D eigenvalue weighted by Gasteiger charge is -2.43. The number of likely N-dealkylation sites (tertiary alicyclic amines) is 1. The minimum absolute atomic E-state index is 0.0206. The standard InChI is InChI=1S/C35H42N6O2/c36-31-13-11-28(12-14-31)25-41-27-38-32(33(41)34(42)37-17-20-39-21-23-43-24-22-39)26-40-18-15-35(16-19-40,29-7-3-1-4-8-29)30-9-5-2-6-10-30/h1-14,27H,15-26,36H2,(H,37,42). The van der Waals surface area contributed by atoms with E-state index in [-0.39, 0.29) is 11.3 Å². The average Bonchev–Trinajstić information content (AvgIpc) is 3.45. The van der Waals surface area contributed by atoms with E-state index < -0.39 is 0 Å². The SMILES string of the molecule is Nc1ccc(Cn2cnc(CN3CCC(c4ccccc4)(c4ccccc4)CC3)c2C(=O)NCCN2CCOCC2)cc1. The monoisotopic (exact) mass is 578 g/mol. The molecule has 0 saturated carbocycles. The Balaban J connectivity index is 1.19. The number of ether oxygens (including phenoxy) is 1. The van der Waals surface area contributed by atoms with E-state index in [9.17, 15) is 4.79 Å². The molecule has 8 heteroatoms. The van der Waals surface area contributed by atoms with Gasteiger partial charge < -0.3 is 20.4 Å². The minimum atomic E-state index is -0.0730. The van der Waals surface area contributed by atoms with E-state index in [0.29, 0.717) is 25.3 Å². The number of benzene rings is 3. The van der Waals surface area contributed by atoms with Crippen LogP contribution in [-0.4, -0.2) is 77.7 Å². The Kier molecular flexibility index (Phi) is 9.17. The number of nitrogens with one attached hydrogen (secondary N) is 1. The van der Waals surface area contributed by atoms with Gasteiger partial charge in [0.1, 0.15) is 5.69 Å². The van der Waals surface area contributed by atoms with Gasteiger partial charge in [-0.15, -0.1) is 0 Å². The Morgan fingerprint density at radius 2 is 1.44 bits per heavy atom. The summed E-state index contributed by atoms with van der Waals surface area (Å²) in [7, 11) is 0. The average molecular weight is 579 g/mol. The van der Waals surface area contributed by atoms with Gasteiger partial charge in [-0.25, -0.2) is 4.98 Å². The topological polar surface area (TPSA) is 88.7 Å². The molecule has 1 amide bonds. The third kappa shape index (κ3) is 6.82. The van der Waals surface area contributed by atoms with Crippen molar-refractivity contribution >= 4 is 11.6 Å². The number of rotatable bonds is 10. The van der Waals surface area contributed by atoms with Gasteiger partial charge in [0.15, 0.2) is 0 Å². The summed E-state index contributed by atoms with van der Waals surface area (Å²) in [5.74, 6) is -0.0730. The maximum absolute atomic E-state index is 13.7. The number of imidazole rings is 1. The van der Waals surface area contributed by atoms with Crippen molar-refractivity contribution in [1.82, 2.24) is 24.7 Å². The highest BCUT2D eigenvalue weighted by Gasteiger charge is 2.38. The Hall–Kier alpha value is -3.98. The van der Waals surface area contributed by atoms with E-state index in [4.69, 9.17) is 15.5 Å². The summed E-state index contributed by atoms with van der Waals surface area (Å²) in [4.78, 5) is 23.3. The predicted octanol–water partition coefficient (Wildman–Crippen LogP) is 4.16. The van der Waals surface area contributed by atoms with Crippen LogP contribution in [0.4, 0.5) is 5.69 Å². The van der Waals surface area contributed by atoms with Crippen LogP contribution in [0.15, 0.2) is 91.3 Å². The molecule has 0 spiro atoms. The van der Waals surface area contributed by atoms with Crippen molar-refractivity contribution in [1.29, 1.82) is 0 Å². The number of carbonyl (C=O) groups excluding carboxylic acids is 1. The Labute approximate surface area is 254 Å². The molecule has 224 valence electrons. The predicted molar refractivity (Wildman–Crippen MR) is 170 cm³/mol. The van der Waals surface area contributed by atoms with Crippen LogP contribution in [0.5, 0.6) is 0 Å². The summed E-state index contributed by atoms with van der Waals surface area (Å²) < 4.78 is 7.44. The zero-order valence-electron chi connectivity index (χ0n) is 24.8. The lowest BCUT2D eigenvalue weighted by atomic mass is 9.68. The molecule has 2 saturated heterocycles. The second-order valence-electron chi connectivity index (χ2n) is 11.7. The summed E-state index contributed by atoms with van der Waals surface area (Å²) in [6.07, 6.45) is 3.83. The molecular weight excluding hydrogens is 536 g/mol. The normalized spacial score (nSPS) is 17.5. The molecule has 0 bridgehead atoms. The van der Waals surface area contributed by atoms with Crippen LogP contribution in [-0.2, 0) is 23.2 Å². The molecule has 0 atom stereocenters. The third-order valence-corrected chi connectivity index (χ3v) is 9.01. The van der Waals surface area contributed by atoms with Crippen LogP contribution in [0.1, 0.15) is 45.7 Å². The Bertz CT molecular complexity index is 1420. The number of nitrogen functional groups attached to an aromatic ring is 1. The second-order valence-corrected chi connectivity index (χ2v) is 11.7. The fraction of sp³-hybridized carbons (Fsp3) is 0.371. The van der Waals surface area contributed by atoms with Crippen LogP contribution in [0, 0.1) is 0 Å². The van der Waals surface area contributed by atoms with Crippen molar-refractivity contribution in [3.05, 3.63) is 119 Å². The lowest BCUT2D eigenvalue weighted by molar-refractivity contribution is 0.0383. The number of aromatic nitrogens is 2. The maximum Gasteiger partial charge on any atom is 0.269 e. The van der Waals surface area contributed by atoms with Crippen LogP contribution >= 0.6 is 0 Å². The van der Waals surface area contributed by atoms with Gasteiger partial charge in [-0.1, -0.05) is 72.8 Å². The van der Waals surface area contributed by atoms with Crippen LogP contribution < -0.4 is 11.1 Å². The molecule has 6 rings (SSSR count). The van der Waals surface area contributed by atoms with Gasteiger partial charge in [-0.05, 0) is 54.8 Å². The first kappa shape index (κ1) is 29.1. The fourth-order valence-corrected chi connectivity index (χ4v) is 6.54. The van der Waals surface area contributed by atoms with Gasteiger partial charge in [-0.3, -0.25) is 14.6 Å². The highest BCUT2D eigenvalue weighted by Crippen LogP contribution is 2.42. The second kappa shape index (κ2) is 13.5. The van der Waals surface area contributed by atoms with Crippen LogP contribution in [0.3, 0.4) is 0 Å². The number of nitrogens with two attached hydrogens (primary N) is 1. The van der Waals surface area contributed by atoms with Crippen LogP contribution in [0.25, 0.3) is 0 Å². The minimum Gasteiger partial charge on any atom is -0.399 e. The molecule has 0 aliphatic carbocycles. The number of hydrogen-bond acceptors (Lipinski definition) is 6. The zero-order valence-corrected chi connectivity index (χ0v) is 24.8. The molecular formula is C35H42N6O2. The molecule has 3 N–H and O–H groups in total. The van der Waals surface area contributed by atoms with Gasteiger partial charge in [0, 0.05) is 50.4 Å². The Morgan fingerprint density at radius 3 is 2.07 bits per heavy atom. The third-order valence-electron chi connectivity index (χ3n) is 9.01. The Morgan fingerprint density at radius 1 is 0.814 bits per heavy atom. The molecule has 43 heavy (non-hydrogen) atoms. The molecule has 4 aromatic rings. The van der Waals surface area contributed by atoms with E-state index in [1.54, 1.807) is 0 Å². The molecule has 3 heterocycles. The molecule has 2 fully saturated rings. The lowest BCUT2D eigenvalue weighted by Crippen LogP contribution is -2.43. The number of hydrogen-bond donors (Lipinski definition) is 2. The summed E-state index contributed by atoms with van der Waals surface area (Å²) in [6.45, 7) is 7.74. The van der Waals surface area contributed by atoms with Gasteiger partial charge in [-0.2, -0.15) is 0 Å². The van der Waals surface area contributed by atoms with Gasteiger partial charge in [0.05, 0.1) is 25.2 Å². The molecule has 0 radical (unpaired) electrons. The van der Waals surface area contributed by atoms with Crippen molar-refractivity contribution in [3.8, 4) is 0 Å². The first-order valence-corrected chi connectivity index (χ1v) is 15.4. The number of morpholine rings is 1. The largest absolute Gasteiger partial charge is 0.399 e. The van der Waals surface area contributed by atoms with Crippen molar-refractivity contribution in [2.24, 2.45) is 0 Å². The van der Waals surface area contributed by atoms with E-state index in [1.165, 1.54) is 11.1 Å². The van der Waals surface area contributed by atoms with E-state index in [0.717, 1.165) is 75.7 Å². The van der Waals surface area contributed by atoms with Gasteiger partial charge in [0.25, 0.3) is 5.91 Å². The summed E-state index contributed by atoms with van der Waals surface area (Å²) in [6, 6.07) is 29.6. The first-order valence-electron chi connectivity index (χ1n) is 15.4. The summed E-state index contributed by atoms with van der Waals surface area (Å²) in [5, 5.41) is 3.18. The number of piperidine rings is 1. The number of nitrogens with zero attached hydrogens (tertiary/aromatic N) is 4. The van der Waals surface area contributed by atoms with Gasteiger partial charge >= 0.3 is 0 Å². The summed E-state index contributed by atoms with van der Waals surface area (Å²) in [5.41, 5.74) is 11.9. The molecule has 8 nitrogen and oxygen atoms in total. The molecule has 2 aliphatic rings. The highest BCUT2D eigenvalue weighted by molar-refractivity contribution is 5.93. The molecule has 1 aromatic heterocycles. The van der Waals surface area contributed by atoms with Crippen LogP contribution in [0.2, 0.25) is 0 Å². The molecule has 0 unspecified atom stereocenters. The van der Waals surface area contributed by atoms with E-state index in [2.05, 4.69) is 75.8 Å². The zero-order chi connectivity index (χ0) is 29.5. The van der Waals surface area contributed by atoms with E-state index in [1.807, 2.05) is 35.2 Å². The quantitative estimate of drug-likeness (QED) is 0.275. The molecule has 3 aromatic carbocycles. The number of amides is 1. The van der Waals surface area contributed by atoms with E-state index >= 15 is 0 Å². The van der Waals surface area contributed by atoms with Crippen molar-refractivity contribution in [3.63, 3.8) is 0 Å².